The fraction of sp³-hybridized carbons (Fsp3) is 0.0189. The van der Waals surface area contributed by atoms with Crippen LogP contribution in [0.4, 0.5) is 11.4 Å². The minimum atomic E-state index is -0.480. The molecule has 0 unspecified atom stereocenters. The molecule has 0 radical (unpaired) electrons. The average molecular weight is 796 g/mol. The number of aromatic nitrogens is 1. The summed E-state index contributed by atoms with van der Waals surface area (Å²) in [4.78, 5) is 56.7. The van der Waals surface area contributed by atoms with Crippen LogP contribution in [0.3, 0.4) is 0 Å². The van der Waals surface area contributed by atoms with Crippen LogP contribution in [0.15, 0.2) is 188 Å². The molecule has 0 saturated carbocycles. The Balaban J connectivity index is 0.00000476. The highest BCUT2D eigenvalue weighted by Gasteiger charge is 2.39. The number of anilines is 2. The summed E-state index contributed by atoms with van der Waals surface area (Å²) in [7, 11) is 0. The molecule has 8 aromatic rings. The monoisotopic (exact) mass is 795 g/mol. The lowest BCUT2D eigenvalue weighted by atomic mass is 9.98. The molecule has 4 amide bonds. The van der Waals surface area contributed by atoms with Crippen LogP contribution >= 0.6 is 0 Å². The van der Waals surface area contributed by atoms with Crippen molar-refractivity contribution in [2.45, 2.75) is 6.92 Å². The molecule has 10 rings (SSSR count). The van der Waals surface area contributed by atoms with Crippen LogP contribution in [0.5, 0.6) is 11.5 Å². The molecule has 0 fully saturated rings. The second-order valence-corrected chi connectivity index (χ2v) is 14.7. The van der Waals surface area contributed by atoms with Gasteiger partial charge < -0.3 is 12.2 Å². The molecule has 0 saturated heterocycles. The summed E-state index contributed by atoms with van der Waals surface area (Å²) >= 11 is 0. The van der Waals surface area contributed by atoms with Gasteiger partial charge in [0, 0.05) is 35.4 Å². The Bertz CT molecular complexity index is 2960. The van der Waals surface area contributed by atoms with E-state index in [-0.39, 0.29) is 29.7 Å². The van der Waals surface area contributed by atoms with E-state index in [1.807, 2.05) is 85.8 Å². The Hall–Kier alpha value is -8.23. The Morgan fingerprint density at radius 3 is 1.23 bits per heavy atom. The molecule has 294 valence electrons. The maximum Gasteiger partial charge on any atom is 0.266 e. The molecule has 7 aromatic carbocycles. The lowest BCUT2D eigenvalue weighted by Gasteiger charge is -2.15. The van der Waals surface area contributed by atoms with Gasteiger partial charge in [0.15, 0.2) is 0 Å². The summed E-state index contributed by atoms with van der Waals surface area (Å²) in [6.45, 7) is 1.93. The number of ether oxygens (including phenoxy) is 1. The van der Waals surface area contributed by atoms with Crippen molar-refractivity contribution in [1.29, 1.82) is 0 Å². The number of fused-ring (bicyclic) bond motifs is 2. The van der Waals surface area contributed by atoms with Gasteiger partial charge in [0.25, 0.3) is 23.6 Å². The number of aryl methyl sites for hydroxylation is 1. The number of imide groups is 2. The predicted molar refractivity (Wildman–Crippen MR) is 237 cm³/mol. The second kappa shape index (κ2) is 15.5. The van der Waals surface area contributed by atoms with Crippen LogP contribution in [0.25, 0.3) is 39.3 Å². The van der Waals surface area contributed by atoms with Crippen LogP contribution in [0.1, 0.15) is 47.0 Å². The normalized spacial score (nSPS) is 12.9. The number of pyridine rings is 1. The van der Waals surface area contributed by atoms with Crippen LogP contribution in [-0.2, 0) is 0 Å². The van der Waals surface area contributed by atoms with Crippen LogP contribution < -0.4 is 19.1 Å². The quantitative estimate of drug-likeness (QED) is 0.0868. The first-order valence-electron chi connectivity index (χ1n) is 19.5. The number of amides is 4. The average Bonchev–Trinajstić information content (AvgIpc) is 3.69. The summed E-state index contributed by atoms with van der Waals surface area (Å²) in [5.74, 6) is -1.17. The van der Waals surface area contributed by atoms with E-state index < -0.39 is 23.6 Å². The number of benzene rings is 7. The molecule has 61 heavy (non-hydrogen) atoms. The van der Waals surface area contributed by atoms with E-state index in [9.17, 15) is 19.2 Å². The standard InChI is InChI=1S/C52H34N3O5.CH3/c1-33-17-19-39(20-18-33)54-49(56)43-27-25-41(31-45(43)51(54)58)60-42-26-28-44-46(32-42)52(59)55(50(44)57)40-23-21-38(22-24-40)53-47(35-13-7-3-8-14-35)29-37(34-11-5-2-6-12-34)30-48(53)36-15-9-4-10-16-36;/h2-32H,1H3;1H3/q+1;-1. The van der Waals surface area contributed by atoms with Gasteiger partial charge in [-0.25, -0.2) is 9.80 Å². The summed E-state index contributed by atoms with van der Waals surface area (Å²) in [5, 5.41) is 0. The lowest BCUT2D eigenvalue weighted by Crippen LogP contribution is -2.36. The summed E-state index contributed by atoms with van der Waals surface area (Å²) in [6.07, 6.45) is 0. The zero-order valence-electron chi connectivity index (χ0n) is 33.3. The van der Waals surface area contributed by atoms with E-state index in [0.717, 1.165) is 49.8 Å². The summed E-state index contributed by atoms with van der Waals surface area (Å²) in [6, 6.07) is 59.1. The van der Waals surface area contributed by atoms with Gasteiger partial charge in [-0.15, -0.1) is 0 Å². The van der Waals surface area contributed by atoms with Gasteiger partial charge in [0.1, 0.15) is 11.5 Å². The highest BCUT2D eigenvalue weighted by atomic mass is 16.5. The second-order valence-electron chi connectivity index (χ2n) is 14.7. The molecule has 1 aromatic heterocycles. The Labute approximate surface area is 353 Å². The minimum absolute atomic E-state index is 0. The van der Waals surface area contributed by atoms with E-state index in [4.69, 9.17) is 4.74 Å². The fourth-order valence-electron chi connectivity index (χ4n) is 7.93. The molecule has 8 nitrogen and oxygen atoms in total. The summed E-state index contributed by atoms with van der Waals surface area (Å²) < 4.78 is 8.33. The Morgan fingerprint density at radius 2 is 0.787 bits per heavy atom. The molecule has 3 heterocycles. The molecule has 2 aliphatic heterocycles. The highest BCUT2D eigenvalue weighted by Crippen LogP contribution is 2.36. The van der Waals surface area contributed by atoms with Gasteiger partial charge in [0.2, 0.25) is 17.1 Å². The molecule has 0 aliphatic carbocycles. The number of carbonyl (C=O) groups is 4. The highest BCUT2D eigenvalue weighted by molar-refractivity contribution is 6.35. The zero-order valence-corrected chi connectivity index (χ0v) is 33.3. The maximum atomic E-state index is 14.0. The number of carbonyl (C=O) groups excluding carboxylic acids is 4. The first-order chi connectivity index (χ1) is 29.3. The van der Waals surface area contributed by atoms with Crippen LogP contribution in [-0.4, -0.2) is 23.6 Å². The van der Waals surface area contributed by atoms with E-state index >= 15 is 0 Å². The number of nitrogens with zero attached hydrogens (tertiary/aromatic N) is 3. The number of rotatable bonds is 8. The van der Waals surface area contributed by atoms with Crippen molar-refractivity contribution in [3.63, 3.8) is 0 Å². The fourth-order valence-corrected chi connectivity index (χ4v) is 7.93. The van der Waals surface area contributed by atoms with Crippen molar-refractivity contribution in [1.82, 2.24) is 0 Å². The first kappa shape index (κ1) is 38.3. The van der Waals surface area contributed by atoms with Gasteiger partial charge in [0.05, 0.1) is 33.6 Å². The first-order valence-corrected chi connectivity index (χ1v) is 19.5. The molecule has 2 aliphatic rings. The third kappa shape index (κ3) is 6.76. The van der Waals surface area contributed by atoms with Gasteiger partial charge in [-0.2, -0.15) is 4.57 Å². The Kier molecular flexibility index (Phi) is 9.73. The lowest BCUT2D eigenvalue weighted by molar-refractivity contribution is -0.572. The van der Waals surface area contributed by atoms with Crippen molar-refractivity contribution < 1.29 is 28.5 Å². The third-order valence-corrected chi connectivity index (χ3v) is 10.9. The number of hydrogen-bond acceptors (Lipinski definition) is 5. The SMILES string of the molecule is Cc1ccc(N2C(=O)c3ccc(Oc4ccc5c(c4)C(=O)N(c4ccc(-[n+]6c(-c7ccccc7)cc(-c7ccccc7)cc6-c6ccccc6)cc4)C5=O)cc3C2=O)cc1.[CH3-]. The van der Waals surface area contributed by atoms with Gasteiger partial charge in [-0.05, 0) is 103 Å². The largest absolute Gasteiger partial charge is 0.457 e. The minimum Gasteiger partial charge on any atom is -0.457 e. The Morgan fingerprint density at radius 1 is 0.393 bits per heavy atom. The van der Waals surface area contributed by atoms with Crippen molar-refractivity contribution in [3.8, 4) is 50.8 Å². The van der Waals surface area contributed by atoms with Crippen LogP contribution in [0.2, 0.25) is 0 Å². The molecule has 0 N–H and O–H groups in total. The molecule has 0 spiro atoms. The van der Waals surface area contributed by atoms with Gasteiger partial charge in [-0.3, -0.25) is 19.2 Å². The van der Waals surface area contributed by atoms with E-state index in [1.165, 1.54) is 17.0 Å². The van der Waals surface area contributed by atoms with Crippen molar-refractivity contribution in [2.75, 3.05) is 9.80 Å². The molecular weight excluding hydrogens is 759 g/mol. The summed E-state index contributed by atoms with van der Waals surface area (Å²) in [5.41, 5.74) is 9.88. The van der Waals surface area contributed by atoms with Gasteiger partial charge in [-0.1, -0.05) is 84.4 Å². The van der Waals surface area contributed by atoms with E-state index in [0.29, 0.717) is 22.9 Å². The zero-order chi connectivity index (χ0) is 40.9. The van der Waals surface area contributed by atoms with E-state index in [1.54, 1.807) is 48.5 Å². The third-order valence-electron chi connectivity index (χ3n) is 10.9. The maximum absolute atomic E-state index is 14.0. The molecular formula is C53H37N3O5. The van der Waals surface area contributed by atoms with Crippen LogP contribution in [0, 0.1) is 14.4 Å². The number of hydrogen-bond donors (Lipinski definition) is 0. The predicted octanol–water partition coefficient (Wildman–Crippen LogP) is 11.1. The van der Waals surface area contributed by atoms with E-state index in [2.05, 4.69) is 53.1 Å². The van der Waals surface area contributed by atoms with Crippen molar-refractivity contribution in [3.05, 3.63) is 223 Å². The smallest absolute Gasteiger partial charge is 0.266 e. The molecule has 0 atom stereocenters. The van der Waals surface area contributed by atoms with Crippen molar-refractivity contribution >= 4 is 35.0 Å². The van der Waals surface area contributed by atoms with Gasteiger partial charge >= 0.3 is 0 Å². The topological polar surface area (TPSA) is 87.9 Å². The molecule has 8 heteroatoms. The molecule has 0 bridgehead atoms. The van der Waals surface area contributed by atoms with Crippen molar-refractivity contribution in [2.24, 2.45) is 0 Å².